The lowest BCUT2D eigenvalue weighted by Crippen LogP contribution is -2.39. The van der Waals surface area contributed by atoms with Crippen LogP contribution in [0.3, 0.4) is 0 Å². The lowest BCUT2D eigenvalue weighted by molar-refractivity contribution is -0.122. The zero-order valence-corrected chi connectivity index (χ0v) is 20.1. The number of aromatic nitrogens is 6. The number of fused-ring (bicyclic) bond motifs is 1. The van der Waals surface area contributed by atoms with Crippen molar-refractivity contribution in [2.45, 2.75) is 36.3 Å². The number of amides is 1. The normalized spacial score (nSPS) is 21.6. The molecule has 1 aliphatic rings. The first-order valence-electron chi connectivity index (χ1n) is 11.1. The molecule has 4 aromatic heterocycles. The van der Waals surface area contributed by atoms with Crippen LogP contribution in [0.4, 0.5) is 10.2 Å². The molecule has 1 saturated heterocycles. The summed E-state index contributed by atoms with van der Waals surface area (Å²) in [5, 5.41) is 25.3. The second-order valence-corrected chi connectivity index (χ2v) is 9.60. The van der Waals surface area contributed by atoms with Crippen LogP contribution in [0, 0.1) is 12.7 Å². The Labute approximate surface area is 209 Å². The van der Waals surface area contributed by atoms with E-state index in [4.69, 9.17) is 0 Å². The van der Waals surface area contributed by atoms with Crippen molar-refractivity contribution >= 4 is 34.7 Å². The fourth-order valence-electron chi connectivity index (χ4n) is 4.01. The van der Waals surface area contributed by atoms with Gasteiger partial charge in [-0.1, -0.05) is 0 Å². The molecule has 5 rings (SSSR count). The fourth-order valence-corrected chi connectivity index (χ4v) is 5.48. The predicted octanol–water partition coefficient (Wildman–Crippen LogP) is 1.42. The number of hydrogen-bond acceptors (Lipinski definition) is 10. The van der Waals surface area contributed by atoms with Crippen molar-refractivity contribution in [3.8, 4) is 11.4 Å². The number of hydrogen-bond donors (Lipinski definition) is 4. The first-order chi connectivity index (χ1) is 17.4. The molecule has 186 valence electrons. The molecule has 0 radical (unpaired) electrons. The summed E-state index contributed by atoms with van der Waals surface area (Å²) < 4.78 is 15.5. The van der Waals surface area contributed by atoms with E-state index in [-0.39, 0.29) is 5.82 Å². The van der Waals surface area contributed by atoms with Crippen LogP contribution in [0.25, 0.3) is 22.6 Å². The topological polar surface area (TPSA) is 151 Å². The maximum atomic E-state index is 13.9. The minimum Gasteiger partial charge on any atom is -0.389 e. The van der Waals surface area contributed by atoms with Gasteiger partial charge in [-0.15, -0.1) is 11.8 Å². The molecule has 0 bridgehead atoms. The van der Waals surface area contributed by atoms with Crippen molar-refractivity contribution in [3.05, 3.63) is 60.2 Å². The van der Waals surface area contributed by atoms with Gasteiger partial charge in [0, 0.05) is 25.0 Å². The largest absolute Gasteiger partial charge is 0.389 e. The van der Waals surface area contributed by atoms with Gasteiger partial charge in [-0.3, -0.25) is 19.3 Å². The monoisotopic (exact) mass is 510 g/mol. The quantitative estimate of drug-likeness (QED) is 0.300. The Hall–Kier alpha value is -3.68. The van der Waals surface area contributed by atoms with Gasteiger partial charge in [0.2, 0.25) is 5.91 Å². The van der Waals surface area contributed by atoms with Crippen molar-refractivity contribution in [3.63, 3.8) is 0 Å². The molecule has 0 aromatic carbocycles. The van der Waals surface area contributed by atoms with Gasteiger partial charge in [-0.05, 0) is 30.7 Å². The van der Waals surface area contributed by atoms with E-state index in [1.807, 2.05) is 19.1 Å². The highest BCUT2D eigenvalue weighted by atomic mass is 32.2. The maximum absolute atomic E-state index is 13.9. The Morgan fingerprint density at radius 1 is 1.19 bits per heavy atom. The molecule has 0 spiro atoms. The zero-order chi connectivity index (χ0) is 25.4. The molecule has 0 saturated carbocycles. The number of carbonyl (C=O) groups is 1. The van der Waals surface area contributed by atoms with Crippen LogP contribution in [0.15, 0.2) is 43.1 Å². The number of halogens is 1. The van der Waals surface area contributed by atoms with E-state index < -0.39 is 34.6 Å². The number of rotatable bonds is 6. The standard InChI is InChI=1S/C23H23FN8O3S/c1-11-3-4-27-14(5-11)9-28-20-15-21(31-19(30-20)12-6-13(24)8-26-7-12)32(10-29-15)23-17(34)16(33)18(36-23)22(35)25-2/h3-8,10,16-18,23,33-34H,9H2,1-2H3,(H,25,35)(H,28,30,31)/t16-,17+,18-,23+/m0/s1. The molecule has 11 nitrogen and oxygen atoms in total. The number of imidazole rings is 1. The first kappa shape index (κ1) is 24.0. The summed E-state index contributed by atoms with van der Waals surface area (Å²) in [6, 6.07) is 5.10. The number of anilines is 1. The highest BCUT2D eigenvalue weighted by Crippen LogP contribution is 2.43. The van der Waals surface area contributed by atoms with E-state index in [1.54, 1.807) is 10.8 Å². The SMILES string of the molecule is CNC(=O)[C@H]1S[C@@H](n2cnc3c(NCc4cc(C)ccn4)nc(-c4cncc(F)c4)nc32)[C@H](O)[C@@H]1O. The maximum Gasteiger partial charge on any atom is 0.235 e. The van der Waals surface area contributed by atoms with Crippen LogP contribution >= 0.6 is 11.8 Å². The molecule has 36 heavy (non-hydrogen) atoms. The lowest BCUT2D eigenvalue weighted by Gasteiger charge is -2.17. The average molecular weight is 511 g/mol. The molecule has 4 atom stereocenters. The summed E-state index contributed by atoms with van der Waals surface area (Å²) in [5.41, 5.74) is 2.94. The molecule has 0 unspecified atom stereocenters. The summed E-state index contributed by atoms with van der Waals surface area (Å²) in [5.74, 6) is -0.367. The molecule has 1 fully saturated rings. The third-order valence-corrected chi connectivity index (χ3v) is 7.38. The van der Waals surface area contributed by atoms with E-state index in [1.165, 1.54) is 25.6 Å². The van der Waals surface area contributed by atoms with E-state index >= 15 is 0 Å². The molecule has 13 heteroatoms. The van der Waals surface area contributed by atoms with E-state index in [2.05, 4.69) is 35.6 Å². The third-order valence-electron chi connectivity index (χ3n) is 5.81. The Balaban J connectivity index is 1.58. The molecule has 0 aliphatic carbocycles. The van der Waals surface area contributed by atoms with Crippen molar-refractivity contribution in [2.75, 3.05) is 12.4 Å². The molecule has 4 N–H and O–H groups in total. The number of carbonyl (C=O) groups excluding carboxylic acids is 1. The molecule has 4 aromatic rings. The van der Waals surface area contributed by atoms with Crippen molar-refractivity contribution < 1.29 is 19.4 Å². The predicted molar refractivity (Wildman–Crippen MR) is 131 cm³/mol. The number of aliphatic hydroxyl groups is 2. The second-order valence-electron chi connectivity index (χ2n) is 8.33. The van der Waals surface area contributed by atoms with Crippen molar-refractivity contribution in [2.24, 2.45) is 0 Å². The summed E-state index contributed by atoms with van der Waals surface area (Å²) in [6.07, 6.45) is 3.19. The van der Waals surface area contributed by atoms with E-state index in [9.17, 15) is 19.4 Å². The number of pyridine rings is 2. The summed E-state index contributed by atoms with van der Waals surface area (Å²) in [6.45, 7) is 2.32. The van der Waals surface area contributed by atoms with Gasteiger partial charge in [0.1, 0.15) is 28.6 Å². The number of aryl methyl sites for hydroxylation is 1. The molecule has 1 amide bonds. The Kier molecular flexibility index (Phi) is 6.51. The van der Waals surface area contributed by atoms with Gasteiger partial charge in [-0.2, -0.15) is 0 Å². The lowest BCUT2D eigenvalue weighted by atomic mass is 10.1. The first-order valence-corrected chi connectivity index (χ1v) is 12.0. The smallest absolute Gasteiger partial charge is 0.235 e. The van der Waals surface area contributed by atoms with Crippen molar-refractivity contribution in [1.82, 2.24) is 34.8 Å². The van der Waals surface area contributed by atoms with Crippen LogP contribution in [-0.4, -0.2) is 70.1 Å². The minimum absolute atomic E-state index is 0.192. The van der Waals surface area contributed by atoms with Crippen molar-refractivity contribution in [1.29, 1.82) is 0 Å². The highest BCUT2D eigenvalue weighted by Gasteiger charge is 2.47. The molecule has 5 heterocycles. The number of nitrogens with one attached hydrogen (secondary N) is 2. The van der Waals surface area contributed by atoms with E-state index in [0.717, 1.165) is 29.2 Å². The van der Waals surface area contributed by atoms with Gasteiger partial charge in [0.25, 0.3) is 0 Å². The Bertz CT molecular complexity index is 1430. The van der Waals surface area contributed by atoms with Gasteiger partial charge in [0.05, 0.1) is 24.8 Å². The van der Waals surface area contributed by atoms with Gasteiger partial charge in [-0.25, -0.2) is 19.3 Å². The van der Waals surface area contributed by atoms with E-state index in [0.29, 0.717) is 29.1 Å². The van der Waals surface area contributed by atoms with Crippen LogP contribution in [-0.2, 0) is 11.3 Å². The average Bonchev–Trinajstić information content (AvgIpc) is 3.43. The molecule has 1 aliphatic heterocycles. The Morgan fingerprint density at radius 2 is 2.03 bits per heavy atom. The van der Waals surface area contributed by atoms with Gasteiger partial charge in [0.15, 0.2) is 22.8 Å². The minimum atomic E-state index is -1.28. The third kappa shape index (κ3) is 4.47. The summed E-state index contributed by atoms with van der Waals surface area (Å²) in [7, 11) is 1.47. The number of aliphatic hydroxyl groups excluding tert-OH is 2. The van der Waals surface area contributed by atoms with Gasteiger partial charge < -0.3 is 20.8 Å². The highest BCUT2D eigenvalue weighted by molar-refractivity contribution is 8.01. The zero-order valence-electron chi connectivity index (χ0n) is 19.3. The van der Waals surface area contributed by atoms with Crippen LogP contribution in [0.1, 0.15) is 16.6 Å². The summed E-state index contributed by atoms with van der Waals surface area (Å²) in [4.78, 5) is 34.1. The van der Waals surface area contributed by atoms with Gasteiger partial charge >= 0.3 is 0 Å². The second kappa shape index (κ2) is 9.76. The van der Waals surface area contributed by atoms with Crippen LogP contribution in [0.2, 0.25) is 0 Å². The summed E-state index contributed by atoms with van der Waals surface area (Å²) >= 11 is 1.10. The fraction of sp³-hybridized carbons (Fsp3) is 0.304. The molecular formula is C23H23FN8O3S. The van der Waals surface area contributed by atoms with Crippen LogP contribution in [0.5, 0.6) is 0 Å². The molecular weight excluding hydrogens is 487 g/mol. The number of nitrogens with zero attached hydrogens (tertiary/aromatic N) is 6. The Morgan fingerprint density at radius 3 is 2.78 bits per heavy atom. The number of thioether (sulfide) groups is 1. The van der Waals surface area contributed by atoms with Crippen LogP contribution < -0.4 is 10.6 Å².